The van der Waals surface area contributed by atoms with E-state index in [2.05, 4.69) is 45.1 Å². The van der Waals surface area contributed by atoms with Crippen molar-refractivity contribution in [3.8, 4) is 0 Å². The number of carbonyl (C=O) groups is 1. The van der Waals surface area contributed by atoms with Crippen LogP contribution < -0.4 is 0 Å². The summed E-state index contributed by atoms with van der Waals surface area (Å²) in [5.41, 5.74) is -0.482. The smallest absolute Gasteiger partial charge is 0.309 e. The van der Waals surface area contributed by atoms with Gasteiger partial charge >= 0.3 is 5.97 Å². The molecule has 0 aliphatic carbocycles. The number of carboxylic acids is 1. The number of carboxylic acid groups (broad SMARTS) is 1. The van der Waals surface area contributed by atoms with Crippen LogP contribution in [-0.4, -0.2) is 11.1 Å². The average molecular weight is 842 g/mol. The van der Waals surface area contributed by atoms with Crippen LogP contribution in [0.1, 0.15) is 335 Å². The van der Waals surface area contributed by atoms with Crippen molar-refractivity contribution in [3.05, 3.63) is 24.3 Å². The predicted octanol–water partition coefficient (Wildman–Crippen LogP) is 21.3. The fourth-order valence-corrected chi connectivity index (χ4v) is 9.48. The van der Waals surface area contributed by atoms with Gasteiger partial charge in [0.15, 0.2) is 0 Å². The summed E-state index contributed by atoms with van der Waals surface area (Å²) in [5, 5.41) is 10.7. The fraction of sp³-hybridized carbons (Fsp3) is 0.914. The van der Waals surface area contributed by atoms with Crippen molar-refractivity contribution < 1.29 is 9.90 Å². The molecule has 356 valence electrons. The van der Waals surface area contributed by atoms with Crippen LogP contribution in [0.4, 0.5) is 0 Å². The van der Waals surface area contributed by atoms with E-state index >= 15 is 0 Å². The first-order valence-electron chi connectivity index (χ1n) is 28.2. The monoisotopic (exact) mass is 841 g/mol. The number of unbranched alkanes of at least 4 members (excludes halogenated alkanes) is 41. The Kier molecular flexibility index (Phi) is 49.7. The van der Waals surface area contributed by atoms with Crippen LogP contribution in [0.3, 0.4) is 0 Å². The van der Waals surface area contributed by atoms with Crippen LogP contribution in [0.2, 0.25) is 0 Å². The summed E-state index contributed by atoms with van der Waals surface area (Å²) in [5.74, 6) is -0.486. The first kappa shape index (κ1) is 58.9. The summed E-state index contributed by atoms with van der Waals surface area (Å²) in [4.78, 5) is 13.0. The molecule has 0 bridgehead atoms. The van der Waals surface area contributed by atoms with Crippen LogP contribution in [0.25, 0.3) is 0 Å². The van der Waals surface area contributed by atoms with Gasteiger partial charge in [-0.15, -0.1) is 0 Å². The molecule has 0 fully saturated rings. The van der Waals surface area contributed by atoms with Crippen molar-refractivity contribution >= 4 is 5.97 Å². The molecule has 0 saturated heterocycles. The van der Waals surface area contributed by atoms with Crippen LogP contribution in [-0.2, 0) is 4.79 Å². The predicted molar refractivity (Wildman–Crippen MR) is 272 cm³/mol. The van der Waals surface area contributed by atoms with Gasteiger partial charge in [0.25, 0.3) is 0 Å². The molecule has 1 N–H and O–H groups in total. The van der Waals surface area contributed by atoms with Crippen molar-refractivity contribution in [1.82, 2.24) is 0 Å². The largest absolute Gasteiger partial charge is 0.481 e. The highest BCUT2D eigenvalue weighted by atomic mass is 16.4. The molecule has 0 aromatic carbocycles. The summed E-state index contributed by atoms with van der Waals surface area (Å²) in [6.45, 7) is 6.88. The third-order valence-electron chi connectivity index (χ3n) is 13.8. The normalized spacial score (nSPS) is 13.0. The maximum atomic E-state index is 13.0. The van der Waals surface area contributed by atoms with E-state index in [0.29, 0.717) is 0 Å². The highest BCUT2D eigenvalue weighted by Gasteiger charge is 2.36. The Labute approximate surface area is 379 Å². The number of hydrogen-bond donors (Lipinski definition) is 1. The Balaban J connectivity index is 4.31. The van der Waals surface area contributed by atoms with E-state index in [1.54, 1.807) is 0 Å². The minimum atomic E-state index is -0.486. The van der Waals surface area contributed by atoms with Crippen molar-refractivity contribution in [2.24, 2.45) is 5.41 Å². The molecule has 0 aliphatic heterocycles. The van der Waals surface area contributed by atoms with Gasteiger partial charge in [-0.3, -0.25) is 4.79 Å². The van der Waals surface area contributed by atoms with Gasteiger partial charge in [0.2, 0.25) is 0 Å². The molecule has 0 aliphatic rings. The first-order valence-corrected chi connectivity index (χ1v) is 28.2. The molecule has 1 atom stereocenters. The minimum Gasteiger partial charge on any atom is -0.481 e. The highest BCUT2D eigenvalue weighted by Crippen LogP contribution is 2.38. The van der Waals surface area contributed by atoms with Gasteiger partial charge in [-0.25, -0.2) is 0 Å². The van der Waals surface area contributed by atoms with Crippen LogP contribution >= 0.6 is 0 Å². The van der Waals surface area contributed by atoms with Gasteiger partial charge in [0.1, 0.15) is 0 Å². The minimum absolute atomic E-state index is 0.482. The van der Waals surface area contributed by atoms with Gasteiger partial charge in [-0.05, 0) is 70.6 Å². The summed E-state index contributed by atoms with van der Waals surface area (Å²) in [7, 11) is 0. The SMILES string of the molecule is CCCCCCCC/C=C\CCCCCCCCCCCCC(CCCCCCCCCC/C=C\CCCCCCCC)(CCCCCCCCCCCCCC)C(=O)O. The third-order valence-corrected chi connectivity index (χ3v) is 13.8. The van der Waals surface area contributed by atoms with Gasteiger partial charge in [-0.1, -0.05) is 289 Å². The number of aliphatic carboxylic acids is 1. The zero-order valence-electron chi connectivity index (χ0n) is 41.8. The lowest BCUT2D eigenvalue weighted by atomic mass is 9.74. The summed E-state index contributed by atoms with van der Waals surface area (Å²) < 4.78 is 0. The van der Waals surface area contributed by atoms with E-state index in [9.17, 15) is 9.90 Å². The van der Waals surface area contributed by atoms with E-state index in [1.807, 2.05) is 0 Å². The Hall–Kier alpha value is -1.05. The summed E-state index contributed by atoms with van der Waals surface area (Å²) in [6.07, 6.45) is 73.8. The second-order valence-electron chi connectivity index (χ2n) is 19.7. The number of allylic oxidation sites excluding steroid dienone is 4. The first-order chi connectivity index (χ1) is 29.6. The molecule has 0 aromatic heterocycles. The lowest BCUT2D eigenvalue weighted by molar-refractivity contribution is -0.150. The zero-order chi connectivity index (χ0) is 43.6. The molecule has 0 saturated carbocycles. The lowest BCUT2D eigenvalue weighted by Crippen LogP contribution is -2.31. The zero-order valence-corrected chi connectivity index (χ0v) is 41.8. The van der Waals surface area contributed by atoms with E-state index in [1.165, 1.54) is 276 Å². The molecule has 2 heteroatoms. The van der Waals surface area contributed by atoms with E-state index < -0.39 is 11.4 Å². The summed E-state index contributed by atoms with van der Waals surface area (Å²) >= 11 is 0. The third kappa shape index (κ3) is 43.6. The maximum Gasteiger partial charge on any atom is 0.309 e. The Morgan fingerprint density at radius 2 is 0.450 bits per heavy atom. The standard InChI is InChI=1S/C58H112O2/c1-4-7-10-13-16-19-22-25-27-29-31-32-34-36-38-41-44-47-50-53-56-58(57(59)60,54-51-48-45-42-39-24-21-18-15-12-9-6-3)55-52-49-46-43-40-37-35-33-30-28-26-23-20-17-14-11-8-5-2/h25-28H,4-24,29-56H2,1-3H3,(H,59,60)/b27-25-,28-26-. The maximum absolute atomic E-state index is 13.0. The van der Waals surface area contributed by atoms with E-state index in [4.69, 9.17) is 0 Å². The molecular formula is C58H112O2. The van der Waals surface area contributed by atoms with E-state index in [-0.39, 0.29) is 0 Å². The van der Waals surface area contributed by atoms with Crippen LogP contribution in [0, 0.1) is 5.41 Å². The van der Waals surface area contributed by atoms with Crippen molar-refractivity contribution in [3.63, 3.8) is 0 Å². The Morgan fingerprint density at radius 3 is 0.633 bits per heavy atom. The highest BCUT2D eigenvalue weighted by molar-refractivity contribution is 5.74. The second-order valence-corrected chi connectivity index (χ2v) is 19.7. The average Bonchev–Trinajstić information content (AvgIpc) is 3.25. The molecule has 0 aromatic rings. The van der Waals surface area contributed by atoms with Gasteiger partial charge in [-0.2, -0.15) is 0 Å². The van der Waals surface area contributed by atoms with Gasteiger partial charge in [0, 0.05) is 0 Å². The molecule has 0 spiro atoms. The molecule has 0 rings (SSSR count). The van der Waals surface area contributed by atoms with Crippen LogP contribution in [0.5, 0.6) is 0 Å². The molecule has 0 radical (unpaired) electrons. The molecule has 1 unspecified atom stereocenters. The van der Waals surface area contributed by atoms with Crippen molar-refractivity contribution in [2.75, 3.05) is 0 Å². The molecule has 0 heterocycles. The number of rotatable bonds is 52. The molecule has 60 heavy (non-hydrogen) atoms. The number of hydrogen-bond acceptors (Lipinski definition) is 1. The molecular weight excluding hydrogens is 729 g/mol. The Morgan fingerprint density at radius 1 is 0.283 bits per heavy atom. The molecule has 0 amide bonds. The van der Waals surface area contributed by atoms with Crippen molar-refractivity contribution in [1.29, 1.82) is 0 Å². The van der Waals surface area contributed by atoms with Gasteiger partial charge < -0.3 is 5.11 Å². The topological polar surface area (TPSA) is 37.3 Å². The lowest BCUT2D eigenvalue weighted by Gasteiger charge is -2.30. The molecule has 2 nitrogen and oxygen atoms in total. The second kappa shape index (κ2) is 50.6. The van der Waals surface area contributed by atoms with Crippen LogP contribution in [0.15, 0.2) is 24.3 Å². The van der Waals surface area contributed by atoms with Crippen molar-refractivity contribution in [2.45, 2.75) is 335 Å². The van der Waals surface area contributed by atoms with E-state index in [0.717, 1.165) is 38.5 Å². The quantitative estimate of drug-likeness (QED) is 0.0489. The fourth-order valence-electron chi connectivity index (χ4n) is 9.48. The Bertz CT molecular complexity index is 874. The van der Waals surface area contributed by atoms with Gasteiger partial charge in [0.05, 0.1) is 5.41 Å². The summed E-state index contributed by atoms with van der Waals surface area (Å²) in [6, 6.07) is 0.